The highest BCUT2D eigenvalue weighted by Crippen LogP contribution is 2.29. The Balaban J connectivity index is 2.10. The molecule has 0 aliphatic heterocycles. The third kappa shape index (κ3) is 3.40. The predicted molar refractivity (Wildman–Crippen MR) is 83.2 cm³/mol. The van der Waals surface area contributed by atoms with Gasteiger partial charge in [-0.1, -0.05) is 26.2 Å². The molecule has 2 rings (SSSR count). The van der Waals surface area contributed by atoms with Crippen molar-refractivity contribution in [2.45, 2.75) is 71.4 Å². The highest BCUT2D eigenvalue weighted by Gasteiger charge is 2.24. The van der Waals surface area contributed by atoms with Crippen LogP contribution in [0.4, 0.5) is 0 Å². The van der Waals surface area contributed by atoms with Crippen LogP contribution in [-0.4, -0.2) is 15.8 Å². The standard InChI is InChI=1S/C15H26BrN3/c1-3-13-15(16)14(19(4-2)18-13)10-12(17)11-8-6-5-7-9-11/h11-12H,3-10,17H2,1-2H3. The molecule has 0 bridgehead atoms. The third-order valence-corrected chi connectivity index (χ3v) is 5.29. The molecule has 1 aliphatic carbocycles. The number of aryl methyl sites for hydroxylation is 2. The summed E-state index contributed by atoms with van der Waals surface area (Å²) in [5.74, 6) is 0.700. The van der Waals surface area contributed by atoms with Crippen molar-refractivity contribution >= 4 is 15.9 Å². The summed E-state index contributed by atoms with van der Waals surface area (Å²) in [5.41, 5.74) is 8.91. The van der Waals surface area contributed by atoms with E-state index in [-0.39, 0.29) is 6.04 Å². The average molecular weight is 328 g/mol. The number of aromatic nitrogens is 2. The van der Waals surface area contributed by atoms with Crippen LogP contribution >= 0.6 is 15.9 Å². The van der Waals surface area contributed by atoms with Crippen LogP contribution in [0.2, 0.25) is 0 Å². The predicted octanol–water partition coefficient (Wildman–Crippen LogP) is 3.68. The maximum Gasteiger partial charge on any atom is 0.0766 e. The summed E-state index contributed by atoms with van der Waals surface area (Å²) >= 11 is 3.72. The molecular weight excluding hydrogens is 302 g/mol. The summed E-state index contributed by atoms with van der Waals surface area (Å²) in [6.07, 6.45) is 8.63. The Hall–Kier alpha value is -0.350. The van der Waals surface area contributed by atoms with Gasteiger partial charge < -0.3 is 5.73 Å². The van der Waals surface area contributed by atoms with E-state index in [2.05, 4.69) is 39.6 Å². The van der Waals surface area contributed by atoms with Crippen LogP contribution < -0.4 is 5.73 Å². The van der Waals surface area contributed by atoms with E-state index in [4.69, 9.17) is 5.73 Å². The van der Waals surface area contributed by atoms with E-state index >= 15 is 0 Å². The second-order valence-corrected chi connectivity index (χ2v) is 6.44. The van der Waals surface area contributed by atoms with Crippen LogP contribution in [0, 0.1) is 5.92 Å². The minimum atomic E-state index is 0.281. The maximum atomic E-state index is 6.46. The molecule has 1 aromatic rings. The van der Waals surface area contributed by atoms with Gasteiger partial charge in [-0.25, -0.2) is 0 Å². The van der Waals surface area contributed by atoms with Gasteiger partial charge >= 0.3 is 0 Å². The van der Waals surface area contributed by atoms with Crippen LogP contribution in [0.1, 0.15) is 57.3 Å². The van der Waals surface area contributed by atoms with Gasteiger partial charge in [-0.3, -0.25) is 4.68 Å². The largest absolute Gasteiger partial charge is 0.327 e. The van der Waals surface area contributed by atoms with E-state index < -0.39 is 0 Å². The third-order valence-electron chi connectivity index (χ3n) is 4.38. The molecule has 19 heavy (non-hydrogen) atoms. The van der Waals surface area contributed by atoms with Crippen molar-refractivity contribution in [3.63, 3.8) is 0 Å². The first-order chi connectivity index (χ1) is 9.17. The molecule has 3 nitrogen and oxygen atoms in total. The van der Waals surface area contributed by atoms with Gasteiger partial charge in [0.2, 0.25) is 0 Å². The van der Waals surface area contributed by atoms with Gasteiger partial charge in [0.15, 0.2) is 0 Å². The van der Waals surface area contributed by atoms with E-state index in [9.17, 15) is 0 Å². The minimum Gasteiger partial charge on any atom is -0.327 e. The zero-order valence-electron chi connectivity index (χ0n) is 12.2. The van der Waals surface area contributed by atoms with Crippen LogP contribution in [0.15, 0.2) is 4.47 Å². The van der Waals surface area contributed by atoms with E-state index in [1.54, 1.807) is 0 Å². The number of halogens is 1. The molecule has 108 valence electrons. The van der Waals surface area contributed by atoms with Crippen molar-refractivity contribution in [2.24, 2.45) is 11.7 Å². The molecule has 2 N–H and O–H groups in total. The highest BCUT2D eigenvalue weighted by molar-refractivity contribution is 9.10. The molecule has 4 heteroatoms. The van der Waals surface area contributed by atoms with Gasteiger partial charge in [-0.05, 0) is 48.0 Å². The second kappa shape index (κ2) is 6.89. The van der Waals surface area contributed by atoms with E-state index in [1.165, 1.54) is 42.3 Å². The lowest BCUT2D eigenvalue weighted by Crippen LogP contribution is -2.34. The van der Waals surface area contributed by atoms with Crippen LogP contribution in [0.3, 0.4) is 0 Å². The normalized spacial score (nSPS) is 18.7. The molecule has 1 unspecified atom stereocenters. The minimum absolute atomic E-state index is 0.281. The number of hydrogen-bond acceptors (Lipinski definition) is 2. The van der Waals surface area contributed by atoms with Crippen LogP contribution in [-0.2, 0) is 19.4 Å². The van der Waals surface area contributed by atoms with Crippen molar-refractivity contribution in [1.82, 2.24) is 9.78 Å². The topological polar surface area (TPSA) is 43.8 Å². The highest BCUT2D eigenvalue weighted by atomic mass is 79.9. The van der Waals surface area contributed by atoms with Gasteiger partial charge in [0, 0.05) is 19.0 Å². The number of hydrogen-bond donors (Lipinski definition) is 1. The molecule has 1 aliphatic rings. The first-order valence-electron chi connectivity index (χ1n) is 7.67. The van der Waals surface area contributed by atoms with Crippen molar-refractivity contribution in [3.8, 4) is 0 Å². The van der Waals surface area contributed by atoms with Gasteiger partial charge in [0.1, 0.15) is 0 Å². The SMILES string of the molecule is CCc1nn(CC)c(CC(N)C2CCCCC2)c1Br. The second-order valence-electron chi connectivity index (χ2n) is 5.64. The summed E-state index contributed by atoms with van der Waals surface area (Å²) < 4.78 is 3.30. The molecule has 1 heterocycles. The fraction of sp³-hybridized carbons (Fsp3) is 0.800. The molecule has 1 saturated carbocycles. The number of nitrogens with zero attached hydrogens (tertiary/aromatic N) is 2. The van der Waals surface area contributed by atoms with Crippen molar-refractivity contribution in [3.05, 3.63) is 15.9 Å². The van der Waals surface area contributed by atoms with Crippen molar-refractivity contribution in [2.75, 3.05) is 0 Å². The van der Waals surface area contributed by atoms with Crippen molar-refractivity contribution in [1.29, 1.82) is 0 Å². The lowest BCUT2D eigenvalue weighted by Gasteiger charge is -2.27. The fourth-order valence-corrected chi connectivity index (χ4v) is 3.89. The fourth-order valence-electron chi connectivity index (χ4n) is 3.16. The average Bonchev–Trinajstić information content (AvgIpc) is 2.76. The molecule has 0 spiro atoms. The van der Waals surface area contributed by atoms with Gasteiger partial charge in [-0.2, -0.15) is 5.10 Å². The Kier molecular flexibility index (Phi) is 5.46. The quantitative estimate of drug-likeness (QED) is 0.896. The summed E-state index contributed by atoms with van der Waals surface area (Å²) in [6, 6.07) is 0.281. The zero-order chi connectivity index (χ0) is 13.8. The first kappa shape index (κ1) is 15.0. The van der Waals surface area contributed by atoms with E-state index in [0.29, 0.717) is 5.92 Å². The Morgan fingerprint density at radius 3 is 2.58 bits per heavy atom. The number of nitrogens with two attached hydrogens (primary N) is 1. The zero-order valence-corrected chi connectivity index (χ0v) is 13.7. The Labute approximate surface area is 125 Å². The monoisotopic (exact) mass is 327 g/mol. The molecule has 1 fully saturated rings. The molecule has 1 aromatic heterocycles. The molecule has 0 saturated heterocycles. The summed E-state index contributed by atoms with van der Waals surface area (Å²) in [7, 11) is 0. The molecule has 0 aromatic carbocycles. The molecule has 0 radical (unpaired) electrons. The summed E-state index contributed by atoms with van der Waals surface area (Å²) in [4.78, 5) is 0. The lowest BCUT2D eigenvalue weighted by atomic mass is 9.82. The lowest BCUT2D eigenvalue weighted by molar-refractivity contribution is 0.300. The molecular formula is C15H26BrN3. The van der Waals surface area contributed by atoms with Gasteiger partial charge in [0.25, 0.3) is 0 Å². The van der Waals surface area contributed by atoms with E-state index in [0.717, 1.165) is 25.1 Å². The Bertz CT molecular complexity index is 408. The van der Waals surface area contributed by atoms with Crippen LogP contribution in [0.5, 0.6) is 0 Å². The molecule has 1 atom stereocenters. The summed E-state index contributed by atoms with van der Waals surface area (Å²) in [5, 5.41) is 4.66. The number of rotatable bonds is 5. The smallest absolute Gasteiger partial charge is 0.0766 e. The first-order valence-corrected chi connectivity index (χ1v) is 8.46. The van der Waals surface area contributed by atoms with Crippen LogP contribution in [0.25, 0.3) is 0 Å². The van der Waals surface area contributed by atoms with Crippen molar-refractivity contribution < 1.29 is 0 Å². The van der Waals surface area contributed by atoms with Gasteiger partial charge in [0.05, 0.1) is 15.9 Å². The van der Waals surface area contributed by atoms with E-state index in [1.807, 2.05) is 0 Å². The maximum absolute atomic E-state index is 6.46. The van der Waals surface area contributed by atoms with Gasteiger partial charge in [-0.15, -0.1) is 0 Å². The Morgan fingerprint density at radius 1 is 1.32 bits per heavy atom. The Morgan fingerprint density at radius 2 is 2.00 bits per heavy atom. The summed E-state index contributed by atoms with van der Waals surface area (Å²) in [6.45, 7) is 5.22. The molecule has 0 amide bonds.